The highest BCUT2D eigenvalue weighted by Crippen LogP contribution is 2.25. The molecule has 0 heterocycles. The highest BCUT2D eigenvalue weighted by Gasteiger charge is 2.02. The second-order valence-corrected chi connectivity index (χ2v) is 2.91. The molecule has 0 N–H and O–H groups in total. The van der Waals surface area contributed by atoms with E-state index in [1.807, 2.05) is 12.2 Å². The van der Waals surface area contributed by atoms with Gasteiger partial charge in [0.1, 0.15) is 0 Å². The molecule has 1 aliphatic rings. The van der Waals surface area contributed by atoms with Gasteiger partial charge in [-0.2, -0.15) is 0 Å². The molecule has 1 rings (SSSR count). The fourth-order valence-electron chi connectivity index (χ4n) is 0.707. The van der Waals surface area contributed by atoms with Crippen LogP contribution >= 0.6 is 23.2 Å². The first kappa shape index (κ1) is 6.91. The van der Waals surface area contributed by atoms with E-state index in [0.717, 1.165) is 15.6 Å². The molecule has 0 aromatic heterocycles. The second kappa shape index (κ2) is 2.59. The molecule has 0 saturated heterocycles. The van der Waals surface area contributed by atoms with Crippen LogP contribution in [0.5, 0.6) is 0 Å². The summed E-state index contributed by atoms with van der Waals surface area (Å²) in [5, 5.41) is 1.51. The zero-order valence-electron chi connectivity index (χ0n) is 4.82. The summed E-state index contributed by atoms with van der Waals surface area (Å²) in [6, 6.07) is 0. The van der Waals surface area contributed by atoms with E-state index in [4.69, 9.17) is 23.2 Å². The van der Waals surface area contributed by atoms with Gasteiger partial charge in [0.25, 0.3) is 0 Å². The van der Waals surface area contributed by atoms with Crippen LogP contribution in [-0.4, -0.2) is 0 Å². The number of rotatable bonds is 0. The predicted octanol–water partition coefficient (Wildman–Crippen LogP) is 3.19. The van der Waals surface area contributed by atoms with Crippen molar-refractivity contribution < 1.29 is 0 Å². The van der Waals surface area contributed by atoms with E-state index in [1.54, 1.807) is 0 Å². The molecule has 0 unspecified atom stereocenters. The topological polar surface area (TPSA) is 0 Å². The van der Waals surface area contributed by atoms with E-state index in [0.29, 0.717) is 6.42 Å². The van der Waals surface area contributed by atoms with Crippen molar-refractivity contribution in [1.82, 2.24) is 0 Å². The summed E-state index contributed by atoms with van der Waals surface area (Å²) in [6.07, 6.45) is 4.28. The Morgan fingerprint density at radius 1 is 1.22 bits per heavy atom. The van der Waals surface area contributed by atoms with Crippen LogP contribution in [0.15, 0.2) is 34.4 Å². The lowest BCUT2D eigenvalue weighted by Gasteiger charge is -2.04. The first-order valence-electron chi connectivity index (χ1n) is 2.59. The maximum atomic E-state index is 5.68. The van der Waals surface area contributed by atoms with Gasteiger partial charge in [0.2, 0.25) is 0 Å². The van der Waals surface area contributed by atoms with Gasteiger partial charge in [0, 0.05) is 16.5 Å². The molecule has 2 heteroatoms. The van der Waals surface area contributed by atoms with Gasteiger partial charge in [-0.3, -0.25) is 0 Å². The van der Waals surface area contributed by atoms with Crippen LogP contribution in [0.2, 0.25) is 0 Å². The fourth-order valence-corrected chi connectivity index (χ4v) is 1.34. The highest BCUT2D eigenvalue weighted by atomic mass is 35.5. The third kappa shape index (κ3) is 1.88. The largest absolute Gasteiger partial charge is 0.0917 e. The number of hydrogen-bond donors (Lipinski definition) is 0. The van der Waals surface area contributed by atoms with Gasteiger partial charge < -0.3 is 0 Å². The average molecular weight is 161 g/mol. The van der Waals surface area contributed by atoms with Gasteiger partial charge >= 0.3 is 0 Å². The summed E-state index contributed by atoms with van der Waals surface area (Å²) < 4.78 is 0. The van der Waals surface area contributed by atoms with E-state index >= 15 is 0 Å². The third-order valence-corrected chi connectivity index (χ3v) is 1.51. The van der Waals surface area contributed by atoms with Gasteiger partial charge in [-0.25, -0.2) is 0 Å². The van der Waals surface area contributed by atoms with Crippen molar-refractivity contribution in [3.05, 3.63) is 34.4 Å². The maximum Gasteiger partial charge on any atom is 0.0239 e. The Hall–Kier alpha value is -0.200. The Balaban J connectivity index is 2.81. The van der Waals surface area contributed by atoms with Crippen molar-refractivity contribution in [2.24, 2.45) is 0 Å². The Morgan fingerprint density at radius 2 is 1.67 bits per heavy atom. The summed E-state index contributed by atoms with van der Waals surface area (Å²) in [4.78, 5) is 0. The standard InChI is InChI=1S/C7H6Cl2/c1-5-2-6(8)4-7(9)3-5/h2-3H,1,4H2. The molecule has 0 aromatic rings. The predicted molar refractivity (Wildman–Crippen MR) is 41.6 cm³/mol. The lowest BCUT2D eigenvalue weighted by atomic mass is 10.1. The molecule has 0 amide bonds. The van der Waals surface area contributed by atoms with Gasteiger partial charge in [0.05, 0.1) is 0 Å². The first-order chi connectivity index (χ1) is 4.18. The van der Waals surface area contributed by atoms with Crippen molar-refractivity contribution in [1.29, 1.82) is 0 Å². The molecule has 0 aromatic carbocycles. The molecular formula is C7H6Cl2. The lowest BCUT2D eigenvalue weighted by Crippen LogP contribution is -1.84. The van der Waals surface area contributed by atoms with E-state index in [9.17, 15) is 0 Å². The minimum atomic E-state index is 0.655. The molecule has 9 heavy (non-hydrogen) atoms. The molecule has 0 atom stereocenters. The van der Waals surface area contributed by atoms with Crippen molar-refractivity contribution in [3.63, 3.8) is 0 Å². The Labute approximate surface area is 64.5 Å². The monoisotopic (exact) mass is 160 g/mol. The summed E-state index contributed by atoms with van der Waals surface area (Å²) >= 11 is 11.4. The SMILES string of the molecule is C=C1C=C(Cl)CC(Cl)=C1. The number of halogens is 2. The normalized spacial score (nSPS) is 19.1. The van der Waals surface area contributed by atoms with E-state index in [1.165, 1.54) is 0 Å². The molecule has 0 saturated carbocycles. The summed E-state index contributed by atoms with van der Waals surface area (Å²) in [5.74, 6) is 0. The molecule has 0 bridgehead atoms. The Morgan fingerprint density at radius 3 is 2.00 bits per heavy atom. The van der Waals surface area contributed by atoms with Crippen molar-refractivity contribution in [2.75, 3.05) is 0 Å². The van der Waals surface area contributed by atoms with Gasteiger partial charge in [-0.15, -0.1) is 0 Å². The molecular weight excluding hydrogens is 155 g/mol. The van der Waals surface area contributed by atoms with Crippen LogP contribution < -0.4 is 0 Å². The van der Waals surface area contributed by atoms with Crippen molar-refractivity contribution in [2.45, 2.75) is 6.42 Å². The van der Waals surface area contributed by atoms with Crippen LogP contribution in [0.25, 0.3) is 0 Å². The van der Waals surface area contributed by atoms with Gasteiger partial charge in [-0.05, 0) is 17.7 Å². The lowest BCUT2D eigenvalue weighted by molar-refractivity contribution is 1.27. The van der Waals surface area contributed by atoms with Crippen LogP contribution in [-0.2, 0) is 0 Å². The minimum absolute atomic E-state index is 0.655. The van der Waals surface area contributed by atoms with Gasteiger partial charge in [0.15, 0.2) is 0 Å². The van der Waals surface area contributed by atoms with E-state index < -0.39 is 0 Å². The van der Waals surface area contributed by atoms with E-state index in [2.05, 4.69) is 6.58 Å². The quantitative estimate of drug-likeness (QED) is 0.511. The zero-order chi connectivity index (χ0) is 6.85. The van der Waals surface area contributed by atoms with Crippen LogP contribution in [0, 0.1) is 0 Å². The van der Waals surface area contributed by atoms with Crippen LogP contribution in [0.3, 0.4) is 0 Å². The molecule has 0 spiro atoms. The third-order valence-electron chi connectivity index (χ3n) is 1.02. The van der Waals surface area contributed by atoms with E-state index in [-0.39, 0.29) is 0 Å². The van der Waals surface area contributed by atoms with Crippen LogP contribution in [0.4, 0.5) is 0 Å². The summed E-state index contributed by atoms with van der Waals surface area (Å²) in [5.41, 5.74) is 0.872. The summed E-state index contributed by atoms with van der Waals surface area (Å²) in [6.45, 7) is 3.69. The Bertz CT molecular complexity index is 179. The second-order valence-electron chi connectivity index (χ2n) is 1.93. The minimum Gasteiger partial charge on any atom is -0.0917 e. The molecule has 0 aliphatic heterocycles. The highest BCUT2D eigenvalue weighted by molar-refractivity contribution is 6.34. The smallest absolute Gasteiger partial charge is 0.0239 e. The molecule has 48 valence electrons. The Kier molecular flexibility index (Phi) is 1.99. The fraction of sp³-hybridized carbons (Fsp3) is 0.143. The number of allylic oxidation sites excluding steroid dienone is 5. The number of hydrogen-bond acceptors (Lipinski definition) is 0. The van der Waals surface area contributed by atoms with Crippen LogP contribution in [0.1, 0.15) is 6.42 Å². The van der Waals surface area contributed by atoms with Crippen molar-refractivity contribution >= 4 is 23.2 Å². The molecule has 0 fully saturated rings. The average Bonchev–Trinajstić information content (AvgIpc) is 1.59. The summed E-state index contributed by atoms with van der Waals surface area (Å²) in [7, 11) is 0. The van der Waals surface area contributed by atoms with Gasteiger partial charge in [-0.1, -0.05) is 29.8 Å². The molecule has 0 nitrogen and oxygen atoms in total. The zero-order valence-corrected chi connectivity index (χ0v) is 6.34. The van der Waals surface area contributed by atoms with Crippen molar-refractivity contribution in [3.8, 4) is 0 Å². The first-order valence-corrected chi connectivity index (χ1v) is 3.35. The molecule has 1 aliphatic carbocycles. The molecule has 0 radical (unpaired) electrons. The maximum absolute atomic E-state index is 5.68.